The third-order valence-corrected chi connectivity index (χ3v) is 14.1. The number of aryl methyl sites for hydroxylation is 2. The van der Waals surface area contributed by atoms with E-state index < -0.39 is 16.4 Å². The van der Waals surface area contributed by atoms with Gasteiger partial charge in [0.15, 0.2) is 5.54 Å². The van der Waals surface area contributed by atoms with Gasteiger partial charge in [0.1, 0.15) is 11.1 Å². The first-order valence-electron chi connectivity index (χ1n) is 21.8. The van der Waals surface area contributed by atoms with Crippen LogP contribution in [0.25, 0.3) is 33.4 Å². The topological polar surface area (TPSA) is 60.4 Å². The van der Waals surface area contributed by atoms with Gasteiger partial charge in [0.25, 0.3) is 0 Å². The van der Waals surface area contributed by atoms with Gasteiger partial charge in [0.05, 0.1) is 29.5 Å². The van der Waals surface area contributed by atoms with Crippen molar-refractivity contribution >= 4 is 0 Å². The Morgan fingerprint density at radius 2 is 0.922 bits per heavy atom. The molecule has 0 aliphatic heterocycles. The Morgan fingerprint density at radius 3 is 1.53 bits per heavy atom. The van der Waals surface area contributed by atoms with Crippen molar-refractivity contribution < 1.29 is 4.57 Å². The summed E-state index contributed by atoms with van der Waals surface area (Å²) >= 11 is 0. The quantitative estimate of drug-likeness (QED) is 0.124. The zero-order valence-electron chi connectivity index (χ0n) is 35.3. The van der Waals surface area contributed by atoms with Crippen molar-refractivity contribution in [1.82, 2.24) is 24.5 Å². The van der Waals surface area contributed by atoms with E-state index in [-0.39, 0.29) is 0 Å². The third-order valence-electron chi connectivity index (χ3n) is 14.1. The van der Waals surface area contributed by atoms with E-state index in [4.69, 9.17) is 19.9 Å². The van der Waals surface area contributed by atoms with Gasteiger partial charge in [0, 0.05) is 52.6 Å². The van der Waals surface area contributed by atoms with Gasteiger partial charge in [-0.2, -0.15) is 0 Å². The number of hydrogen-bond acceptors (Lipinski definition) is 4. The molecule has 6 nitrogen and oxygen atoms in total. The molecule has 3 unspecified atom stereocenters. The first-order chi connectivity index (χ1) is 31.5. The third kappa shape index (κ3) is 4.61. The van der Waals surface area contributed by atoms with Crippen LogP contribution in [0.5, 0.6) is 0 Å². The summed E-state index contributed by atoms with van der Waals surface area (Å²) in [4.78, 5) is 21.1. The monoisotopic (exact) mass is 820 g/mol. The summed E-state index contributed by atoms with van der Waals surface area (Å²) in [6.45, 7) is 2.14. The van der Waals surface area contributed by atoms with Gasteiger partial charge in [0.2, 0.25) is 6.33 Å². The average molecular weight is 821 g/mol. The number of pyridine rings is 4. The molecule has 0 fully saturated rings. The second-order valence-electron chi connectivity index (χ2n) is 17.3. The fourth-order valence-electron chi connectivity index (χ4n) is 11.7. The van der Waals surface area contributed by atoms with Crippen LogP contribution in [0.1, 0.15) is 67.3 Å². The predicted octanol–water partition coefficient (Wildman–Crippen LogP) is 10.5. The maximum Gasteiger partial charge on any atom is 0.205 e. The standard InChI is InChI=1S/C58H40N6/c1-38-27-31-59-52(34-38)57(50-25-7-4-19-44(50)47-22-12-29-61-54(47)57)41-16-9-14-39(35-41)56(49-24-6-3-18-43(49)46-21-11-28-60-53(46)56)40-15-10-17-42(36-40)58(64-33-32-63(2)37-64)51-26-8-5-20-45(51)48-23-13-30-62-55(48)58/h3-36H,1-2H3. The minimum Gasteiger partial charge on any atom is -0.354 e. The zero-order chi connectivity index (χ0) is 42.6. The minimum atomic E-state index is -0.831. The number of aromatic nitrogens is 6. The summed E-state index contributed by atoms with van der Waals surface area (Å²) < 4.78 is 4.20. The van der Waals surface area contributed by atoms with Gasteiger partial charge in [-0.15, -0.1) is 0 Å². The number of hydrogen-bond donors (Lipinski definition) is 0. The van der Waals surface area contributed by atoms with Crippen LogP contribution in [0.3, 0.4) is 0 Å². The van der Waals surface area contributed by atoms with E-state index in [1.165, 1.54) is 27.8 Å². The van der Waals surface area contributed by atoms with Crippen LogP contribution in [-0.4, -0.2) is 24.5 Å². The van der Waals surface area contributed by atoms with Crippen molar-refractivity contribution in [2.24, 2.45) is 7.05 Å². The van der Waals surface area contributed by atoms with Crippen molar-refractivity contribution in [1.29, 1.82) is 0 Å². The molecule has 13 rings (SSSR count). The average Bonchev–Trinajstić information content (AvgIpc) is 4.09. The Labute approximate surface area is 371 Å². The smallest absolute Gasteiger partial charge is 0.205 e. The molecule has 5 heterocycles. The van der Waals surface area contributed by atoms with Gasteiger partial charge in [-0.1, -0.05) is 133 Å². The van der Waals surface area contributed by atoms with Crippen molar-refractivity contribution in [2.45, 2.75) is 23.3 Å². The molecule has 0 saturated heterocycles. The van der Waals surface area contributed by atoms with Crippen molar-refractivity contribution in [3.63, 3.8) is 0 Å². The lowest BCUT2D eigenvalue weighted by Crippen LogP contribution is -2.38. The number of rotatable bonds is 6. The first kappa shape index (κ1) is 36.6. The normalized spacial score (nSPS) is 19.6. The predicted molar refractivity (Wildman–Crippen MR) is 249 cm³/mol. The van der Waals surface area contributed by atoms with E-state index in [1.807, 2.05) is 48.5 Å². The molecule has 3 aliphatic carbocycles. The molecular formula is C58H40N6. The molecule has 302 valence electrons. The van der Waals surface area contributed by atoms with E-state index in [9.17, 15) is 0 Å². The zero-order valence-corrected chi connectivity index (χ0v) is 35.3. The van der Waals surface area contributed by atoms with Crippen LogP contribution in [0.4, 0.5) is 0 Å². The lowest BCUT2D eigenvalue weighted by molar-refractivity contribution is -0.675. The molecule has 3 aliphatic rings. The number of fused-ring (bicyclic) bond motifs is 9. The highest BCUT2D eigenvalue weighted by atomic mass is 15.2. The second kappa shape index (κ2) is 13.5. The molecule has 0 amide bonds. The minimum absolute atomic E-state index is 0.796. The Bertz CT molecular complexity index is 3390. The maximum atomic E-state index is 5.39. The largest absolute Gasteiger partial charge is 0.354 e. The number of nitrogens with zero attached hydrogens (tertiary/aromatic N) is 6. The number of imidazole rings is 1. The summed E-state index contributed by atoms with van der Waals surface area (Å²) in [7, 11) is 2.02. The Morgan fingerprint density at radius 1 is 0.438 bits per heavy atom. The highest BCUT2D eigenvalue weighted by Gasteiger charge is 2.54. The van der Waals surface area contributed by atoms with Crippen LogP contribution in [0.15, 0.2) is 207 Å². The Balaban J connectivity index is 1.14. The van der Waals surface area contributed by atoms with Gasteiger partial charge in [-0.05, 0) is 106 Å². The van der Waals surface area contributed by atoms with Gasteiger partial charge in [-0.3, -0.25) is 19.9 Å². The van der Waals surface area contributed by atoms with Gasteiger partial charge >= 0.3 is 0 Å². The molecule has 10 aromatic rings. The van der Waals surface area contributed by atoms with Crippen LogP contribution >= 0.6 is 0 Å². The molecule has 0 radical (unpaired) electrons. The van der Waals surface area contributed by atoms with Crippen LogP contribution in [0, 0.1) is 13.3 Å². The Hall–Kier alpha value is -8.09. The highest BCUT2D eigenvalue weighted by Crippen LogP contribution is 2.60. The summed E-state index contributed by atoms with van der Waals surface area (Å²) in [5, 5.41) is 0. The molecule has 64 heavy (non-hydrogen) atoms. The molecule has 6 heteroatoms. The molecule has 5 aromatic carbocycles. The molecule has 0 spiro atoms. The molecular weight excluding hydrogens is 781 g/mol. The van der Waals surface area contributed by atoms with Crippen LogP contribution in [0.2, 0.25) is 0 Å². The van der Waals surface area contributed by atoms with Crippen molar-refractivity contribution in [2.75, 3.05) is 0 Å². The lowest BCUT2D eigenvalue weighted by atomic mass is 9.65. The van der Waals surface area contributed by atoms with E-state index in [2.05, 4.69) is 188 Å². The van der Waals surface area contributed by atoms with Crippen molar-refractivity contribution in [3.8, 4) is 33.4 Å². The molecule has 0 N–H and O–H groups in total. The summed E-state index contributed by atoms with van der Waals surface area (Å²) in [5.41, 5.74) is 17.4. The van der Waals surface area contributed by atoms with E-state index >= 15 is 0 Å². The molecule has 5 aromatic heterocycles. The fraction of sp³-hybridized carbons (Fsp3) is 0.0862. The maximum absolute atomic E-state index is 5.39. The second-order valence-corrected chi connectivity index (χ2v) is 17.3. The molecule has 0 saturated carbocycles. The van der Waals surface area contributed by atoms with E-state index in [1.54, 1.807) is 0 Å². The summed E-state index contributed by atoms with van der Waals surface area (Å²) in [6.07, 6.45) is 15.6. The van der Waals surface area contributed by atoms with E-state index in [0.29, 0.717) is 0 Å². The number of benzene rings is 5. The van der Waals surface area contributed by atoms with Crippen LogP contribution < -0.4 is 4.57 Å². The van der Waals surface area contributed by atoms with Crippen molar-refractivity contribution in [3.05, 3.63) is 281 Å². The summed E-state index contributed by atoms with van der Waals surface area (Å²) in [5.74, 6) is 0. The highest BCUT2D eigenvalue weighted by molar-refractivity contribution is 5.88. The molecule has 0 bridgehead atoms. The van der Waals surface area contributed by atoms with Gasteiger partial charge < -0.3 is 9.13 Å². The first-order valence-corrected chi connectivity index (χ1v) is 21.8. The van der Waals surface area contributed by atoms with E-state index in [0.717, 1.165) is 72.8 Å². The van der Waals surface area contributed by atoms with Gasteiger partial charge in [-0.25, -0.2) is 0 Å². The van der Waals surface area contributed by atoms with Crippen LogP contribution in [-0.2, 0) is 23.4 Å². The summed E-state index contributed by atoms with van der Waals surface area (Å²) in [6, 6.07) is 61.8. The Kier molecular flexibility index (Phi) is 7.68. The SMILES string of the molecule is Cc1ccnc(C2(c3cccc(C4(c5cccc(C6(n7[c-][n+](C)cc7)c7ccccc7-c7cccnc76)c5)c5ccccc5-c5cccnc54)c3)c3ccccc3-c3cccnc32)c1. The lowest BCUT2D eigenvalue weighted by Gasteiger charge is -2.37. The molecule has 3 atom stereocenters. The fourth-order valence-corrected chi connectivity index (χ4v) is 11.7.